The fourth-order valence-corrected chi connectivity index (χ4v) is 1.27. The van der Waals surface area contributed by atoms with Crippen LogP contribution in [0.1, 0.15) is 16.2 Å². The second kappa shape index (κ2) is 3.57. The van der Waals surface area contributed by atoms with E-state index in [9.17, 15) is 4.79 Å². The highest BCUT2D eigenvalue weighted by Gasteiger charge is 2.05. The molecule has 2 aromatic rings. The largest absolute Gasteiger partial charge is 0.478 e. The number of carboxylic acid groups (broad SMARTS) is 1. The predicted molar refractivity (Wildman–Crippen MR) is 53.6 cm³/mol. The van der Waals surface area contributed by atoms with Crippen LogP contribution >= 0.6 is 0 Å². The molecule has 0 saturated heterocycles. The molecule has 1 aromatic heterocycles. The van der Waals surface area contributed by atoms with Crippen molar-refractivity contribution in [1.29, 1.82) is 0 Å². The Morgan fingerprint density at radius 1 is 1.33 bits per heavy atom. The molecule has 2 rings (SSSR count). The van der Waals surface area contributed by atoms with E-state index in [2.05, 4.69) is 4.98 Å². The number of carbonyl (C=O) groups is 1. The van der Waals surface area contributed by atoms with Crippen LogP contribution in [-0.4, -0.2) is 16.1 Å². The molecule has 76 valence electrons. The maximum absolute atomic E-state index is 10.6. The van der Waals surface area contributed by atoms with Gasteiger partial charge in [0.05, 0.1) is 11.8 Å². The standard InChI is InChI=1S/C11H9NO3/c1-7-12-6-10(15-7)8-2-4-9(5-3-8)11(13)14/h2-6H,1H3,(H,13,14). The van der Waals surface area contributed by atoms with Gasteiger partial charge in [0.1, 0.15) is 0 Å². The molecule has 4 nitrogen and oxygen atoms in total. The Bertz CT molecular complexity index is 485. The lowest BCUT2D eigenvalue weighted by atomic mass is 10.1. The molecule has 0 amide bonds. The molecular formula is C11H9NO3. The molecule has 0 aliphatic heterocycles. The Morgan fingerprint density at radius 3 is 2.47 bits per heavy atom. The first-order chi connectivity index (χ1) is 7.16. The topological polar surface area (TPSA) is 63.3 Å². The lowest BCUT2D eigenvalue weighted by molar-refractivity contribution is 0.0697. The van der Waals surface area contributed by atoms with Gasteiger partial charge in [-0.3, -0.25) is 0 Å². The number of aromatic carboxylic acids is 1. The molecule has 0 bridgehead atoms. The number of nitrogens with zero attached hydrogens (tertiary/aromatic N) is 1. The highest BCUT2D eigenvalue weighted by atomic mass is 16.4. The number of benzene rings is 1. The fraction of sp³-hybridized carbons (Fsp3) is 0.0909. The van der Waals surface area contributed by atoms with Gasteiger partial charge in [0.2, 0.25) is 0 Å². The lowest BCUT2D eigenvalue weighted by Gasteiger charge is -1.97. The van der Waals surface area contributed by atoms with Crippen LogP contribution in [0.4, 0.5) is 0 Å². The third-order valence-electron chi connectivity index (χ3n) is 2.04. The van der Waals surface area contributed by atoms with Gasteiger partial charge >= 0.3 is 5.97 Å². The number of aryl methyl sites for hydroxylation is 1. The lowest BCUT2D eigenvalue weighted by Crippen LogP contribution is -1.94. The van der Waals surface area contributed by atoms with Crippen molar-refractivity contribution in [2.45, 2.75) is 6.92 Å². The first-order valence-corrected chi connectivity index (χ1v) is 4.43. The Morgan fingerprint density at radius 2 is 2.00 bits per heavy atom. The molecule has 0 unspecified atom stereocenters. The Balaban J connectivity index is 2.35. The zero-order chi connectivity index (χ0) is 10.8. The Kier molecular flexibility index (Phi) is 2.25. The SMILES string of the molecule is Cc1ncc(-c2ccc(C(=O)O)cc2)o1. The van der Waals surface area contributed by atoms with E-state index in [4.69, 9.17) is 9.52 Å². The van der Waals surface area contributed by atoms with E-state index in [1.165, 1.54) is 12.1 Å². The summed E-state index contributed by atoms with van der Waals surface area (Å²) in [5.41, 5.74) is 1.08. The third-order valence-corrected chi connectivity index (χ3v) is 2.04. The van der Waals surface area contributed by atoms with Gasteiger partial charge in [-0.1, -0.05) is 12.1 Å². The summed E-state index contributed by atoms with van der Waals surface area (Å²) in [5, 5.41) is 8.71. The van der Waals surface area contributed by atoms with E-state index in [0.29, 0.717) is 11.7 Å². The van der Waals surface area contributed by atoms with Crippen LogP contribution in [0, 0.1) is 6.92 Å². The summed E-state index contributed by atoms with van der Waals surface area (Å²) in [6.45, 7) is 1.76. The van der Waals surface area contributed by atoms with Gasteiger partial charge in [0.25, 0.3) is 0 Å². The van der Waals surface area contributed by atoms with Gasteiger partial charge in [-0.2, -0.15) is 0 Å². The zero-order valence-electron chi connectivity index (χ0n) is 8.10. The Hall–Kier alpha value is -2.10. The van der Waals surface area contributed by atoms with Crippen LogP contribution in [0.3, 0.4) is 0 Å². The summed E-state index contributed by atoms with van der Waals surface area (Å²) in [4.78, 5) is 14.6. The van der Waals surface area contributed by atoms with Crippen LogP contribution in [-0.2, 0) is 0 Å². The van der Waals surface area contributed by atoms with Crippen molar-refractivity contribution in [3.8, 4) is 11.3 Å². The molecular weight excluding hydrogens is 194 g/mol. The van der Waals surface area contributed by atoms with E-state index >= 15 is 0 Å². The highest BCUT2D eigenvalue weighted by molar-refractivity contribution is 5.88. The average Bonchev–Trinajstić information content (AvgIpc) is 2.65. The molecule has 0 saturated carbocycles. The van der Waals surface area contributed by atoms with E-state index in [1.54, 1.807) is 25.3 Å². The quantitative estimate of drug-likeness (QED) is 0.813. The predicted octanol–water partition coefficient (Wildman–Crippen LogP) is 2.35. The number of hydrogen-bond acceptors (Lipinski definition) is 3. The monoisotopic (exact) mass is 203 g/mol. The van der Waals surface area contributed by atoms with Crippen molar-refractivity contribution in [2.24, 2.45) is 0 Å². The van der Waals surface area contributed by atoms with Crippen molar-refractivity contribution < 1.29 is 14.3 Å². The normalized spacial score (nSPS) is 10.2. The van der Waals surface area contributed by atoms with Gasteiger partial charge in [0.15, 0.2) is 11.7 Å². The van der Waals surface area contributed by atoms with E-state index < -0.39 is 5.97 Å². The highest BCUT2D eigenvalue weighted by Crippen LogP contribution is 2.20. The van der Waals surface area contributed by atoms with Gasteiger partial charge in [-0.25, -0.2) is 9.78 Å². The minimum Gasteiger partial charge on any atom is -0.478 e. The number of carboxylic acids is 1. The van der Waals surface area contributed by atoms with Crippen LogP contribution in [0.2, 0.25) is 0 Å². The van der Waals surface area contributed by atoms with Crippen molar-refractivity contribution in [2.75, 3.05) is 0 Å². The molecule has 0 radical (unpaired) electrons. The third kappa shape index (κ3) is 1.88. The first-order valence-electron chi connectivity index (χ1n) is 4.43. The molecule has 0 spiro atoms. The fourth-order valence-electron chi connectivity index (χ4n) is 1.27. The number of aromatic nitrogens is 1. The van der Waals surface area contributed by atoms with Gasteiger partial charge < -0.3 is 9.52 Å². The molecule has 15 heavy (non-hydrogen) atoms. The van der Waals surface area contributed by atoms with Crippen LogP contribution in [0.25, 0.3) is 11.3 Å². The second-order valence-corrected chi connectivity index (χ2v) is 3.13. The van der Waals surface area contributed by atoms with Crippen molar-refractivity contribution >= 4 is 5.97 Å². The van der Waals surface area contributed by atoms with E-state index in [1.807, 2.05) is 0 Å². The number of oxazole rings is 1. The summed E-state index contributed by atoms with van der Waals surface area (Å²) in [5.74, 6) is 0.298. The summed E-state index contributed by atoms with van der Waals surface area (Å²) in [6.07, 6.45) is 1.62. The molecule has 0 aliphatic rings. The maximum atomic E-state index is 10.6. The molecule has 0 atom stereocenters. The van der Waals surface area contributed by atoms with E-state index in [-0.39, 0.29) is 5.56 Å². The first kappa shape index (κ1) is 9.45. The molecule has 4 heteroatoms. The number of rotatable bonds is 2. The average molecular weight is 203 g/mol. The van der Waals surface area contributed by atoms with Gasteiger partial charge in [-0.05, 0) is 12.1 Å². The molecule has 1 aromatic carbocycles. The molecule has 1 heterocycles. The zero-order valence-corrected chi connectivity index (χ0v) is 8.10. The van der Waals surface area contributed by atoms with Crippen molar-refractivity contribution in [1.82, 2.24) is 4.98 Å². The van der Waals surface area contributed by atoms with Crippen molar-refractivity contribution in [3.63, 3.8) is 0 Å². The summed E-state index contributed by atoms with van der Waals surface area (Å²) in [7, 11) is 0. The summed E-state index contributed by atoms with van der Waals surface area (Å²) < 4.78 is 5.31. The Labute approximate surface area is 86.2 Å². The molecule has 0 fully saturated rings. The van der Waals surface area contributed by atoms with Crippen molar-refractivity contribution in [3.05, 3.63) is 41.9 Å². The number of hydrogen-bond donors (Lipinski definition) is 1. The molecule has 1 N–H and O–H groups in total. The second-order valence-electron chi connectivity index (χ2n) is 3.13. The summed E-state index contributed by atoms with van der Waals surface area (Å²) in [6, 6.07) is 6.47. The van der Waals surface area contributed by atoms with Crippen LogP contribution in [0.5, 0.6) is 0 Å². The van der Waals surface area contributed by atoms with Crippen LogP contribution < -0.4 is 0 Å². The minimum absolute atomic E-state index is 0.259. The minimum atomic E-state index is -0.935. The van der Waals surface area contributed by atoms with Crippen LogP contribution in [0.15, 0.2) is 34.9 Å². The summed E-state index contributed by atoms with van der Waals surface area (Å²) >= 11 is 0. The van der Waals surface area contributed by atoms with E-state index in [0.717, 1.165) is 5.56 Å². The van der Waals surface area contributed by atoms with Gasteiger partial charge in [-0.15, -0.1) is 0 Å². The molecule has 0 aliphatic carbocycles. The maximum Gasteiger partial charge on any atom is 0.335 e. The smallest absolute Gasteiger partial charge is 0.335 e. The van der Waals surface area contributed by atoms with Gasteiger partial charge in [0, 0.05) is 12.5 Å².